The summed E-state index contributed by atoms with van der Waals surface area (Å²) in [6.45, 7) is 6.54. The van der Waals surface area contributed by atoms with E-state index in [1.165, 1.54) is 14.7 Å². The third-order valence-corrected chi connectivity index (χ3v) is 6.58. The first-order valence-corrected chi connectivity index (χ1v) is 12.2. The molecular weight excluding hydrogens is 428 g/mol. The topological polar surface area (TPSA) is 91.1 Å². The highest BCUT2D eigenvalue weighted by molar-refractivity contribution is 5.74. The van der Waals surface area contributed by atoms with Crippen molar-refractivity contribution >= 4 is 17.1 Å². The SMILES string of the molecule is CC(C)=CCn1c(N2CCCC(N)C2)nc2c1c(=O)n(CCCCc1ccccc1)c(=O)n2C. The molecule has 1 aromatic carbocycles. The van der Waals surface area contributed by atoms with Crippen LogP contribution in [0, 0.1) is 0 Å². The summed E-state index contributed by atoms with van der Waals surface area (Å²) < 4.78 is 4.85. The molecule has 3 heterocycles. The monoisotopic (exact) mass is 464 g/mol. The van der Waals surface area contributed by atoms with Crippen LogP contribution in [-0.2, 0) is 26.6 Å². The van der Waals surface area contributed by atoms with E-state index in [0.717, 1.165) is 50.2 Å². The Kier molecular flexibility index (Phi) is 7.36. The van der Waals surface area contributed by atoms with Crippen LogP contribution in [0.15, 0.2) is 51.6 Å². The number of hydrogen-bond donors (Lipinski definition) is 1. The van der Waals surface area contributed by atoms with Gasteiger partial charge >= 0.3 is 5.69 Å². The van der Waals surface area contributed by atoms with Crippen molar-refractivity contribution in [3.63, 3.8) is 0 Å². The number of anilines is 1. The summed E-state index contributed by atoms with van der Waals surface area (Å²) in [5, 5.41) is 0. The maximum Gasteiger partial charge on any atom is 0.332 e. The maximum atomic E-state index is 13.6. The van der Waals surface area contributed by atoms with E-state index in [4.69, 9.17) is 10.7 Å². The Hall–Kier alpha value is -3.13. The third kappa shape index (κ3) is 5.01. The number of hydrogen-bond acceptors (Lipinski definition) is 5. The van der Waals surface area contributed by atoms with Crippen molar-refractivity contribution in [1.82, 2.24) is 18.7 Å². The highest BCUT2D eigenvalue weighted by Gasteiger charge is 2.25. The van der Waals surface area contributed by atoms with Gasteiger partial charge in [-0.15, -0.1) is 0 Å². The minimum absolute atomic E-state index is 0.0792. The van der Waals surface area contributed by atoms with Gasteiger partial charge in [-0.2, -0.15) is 4.98 Å². The largest absolute Gasteiger partial charge is 0.341 e. The molecule has 34 heavy (non-hydrogen) atoms. The van der Waals surface area contributed by atoms with Crippen molar-refractivity contribution in [3.8, 4) is 0 Å². The number of benzene rings is 1. The smallest absolute Gasteiger partial charge is 0.332 e. The van der Waals surface area contributed by atoms with Gasteiger partial charge in [-0.05, 0) is 51.5 Å². The lowest BCUT2D eigenvalue weighted by Crippen LogP contribution is -2.44. The molecule has 0 saturated carbocycles. The molecule has 1 aliphatic rings. The predicted molar refractivity (Wildman–Crippen MR) is 137 cm³/mol. The Balaban J connectivity index is 1.70. The Morgan fingerprint density at radius 2 is 1.91 bits per heavy atom. The minimum Gasteiger partial charge on any atom is -0.341 e. The lowest BCUT2D eigenvalue weighted by atomic mass is 10.1. The van der Waals surface area contributed by atoms with E-state index in [-0.39, 0.29) is 17.3 Å². The molecule has 1 aliphatic heterocycles. The second-order valence-electron chi connectivity index (χ2n) is 9.57. The first-order valence-electron chi connectivity index (χ1n) is 12.2. The van der Waals surface area contributed by atoms with E-state index >= 15 is 0 Å². The molecule has 4 rings (SSSR count). The van der Waals surface area contributed by atoms with E-state index in [1.54, 1.807) is 7.05 Å². The van der Waals surface area contributed by atoms with Crippen LogP contribution in [0.1, 0.15) is 45.1 Å². The van der Waals surface area contributed by atoms with Gasteiger partial charge in [0.1, 0.15) is 0 Å². The van der Waals surface area contributed by atoms with Crippen molar-refractivity contribution in [3.05, 3.63) is 68.4 Å². The average molecular weight is 465 g/mol. The number of piperidine rings is 1. The normalized spacial score (nSPS) is 16.2. The number of unbranched alkanes of at least 4 members (excludes halogenated alkanes) is 1. The lowest BCUT2D eigenvalue weighted by molar-refractivity contribution is 0.495. The first-order chi connectivity index (χ1) is 16.4. The van der Waals surface area contributed by atoms with Gasteiger partial charge in [-0.3, -0.25) is 13.9 Å². The van der Waals surface area contributed by atoms with E-state index in [2.05, 4.69) is 23.1 Å². The van der Waals surface area contributed by atoms with Gasteiger partial charge in [0.15, 0.2) is 11.2 Å². The number of allylic oxidation sites excluding steroid dienone is 2. The second kappa shape index (κ2) is 10.4. The highest BCUT2D eigenvalue weighted by atomic mass is 16.2. The molecule has 1 saturated heterocycles. The summed E-state index contributed by atoms with van der Waals surface area (Å²) in [4.78, 5) is 33.7. The van der Waals surface area contributed by atoms with Crippen molar-refractivity contribution < 1.29 is 0 Å². The van der Waals surface area contributed by atoms with E-state index in [9.17, 15) is 9.59 Å². The molecule has 1 atom stereocenters. The summed E-state index contributed by atoms with van der Waals surface area (Å²) >= 11 is 0. The standard InChI is InChI=1S/C26H36N6O2/c1-19(2)14-17-31-22-23(28-25(31)30-15-9-13-21(27)18-30)29(3)26(34)32(24(22)33)16-8-7-12-20-10-5-4-6-11-20/h4-6,10-11,14,21H,7-9,12-13,15-18,27H2,1-3H3. The Morgan fingerprint density at radius 1 is 1.15 bits per heavy atom. The predicted octanol–water partition coefficient (Wildman–Crippen LogP) is 2.81. The van der Waals surface area contributed by atoms with Gasteiger partial charge in [-0.25, -0.2) is 4.79 Å². The summed E-state index contributed by atoms with van der Waals surface area (Å²) in [7, 11) is 1.70. The van der Waals surface area contributed by atoms with Crippen LogP contribution in [-0.4, -0.2) is 37.8 Å². The van der Waals surface area contributed by atoms with E-state index in [0.29, 0.717) is 30.8 Å². The molecule has 0 aliphatic carbocycles. The van der Waals surface area contributed by atoms with Gasteiger partial charge in [0.2, 0.25) is 5.95 Å². The molecule has 8 nitrogen and oxygen atoms in total. The minimum atomic E-state index is -0.314. The van der Waals surface area contributed by atoms with Crippen LogP contribution in [0.25, 0.3) is 11.2 Å². The molecule has 2 aromatic heterocycles. The van der Waals surface area contributed by atoms with Crippen LogP contribution in [0.4, 0.5) is 5.95 Å². The summed E-state index contributed by atoms with van der Waals surface area (Å²) in [6.07, 6.45) is 6.65. The van der Waals surface area contributed by atoms with Gasteiger partial charge in [0, 0.05) is 39.3 Å². The van der Waals surface area contributed by atoms with Crippen LogP contribution < -0.4 is 21.9 Å². The molecule has 182 valence electrons. The zero-order chi connectivity index (χ0) is 24.2. The second-order valence-corrected chi connectivity index (χ2v) is 9.57. The molecule has 0 bridgehead atoms. The summed E-state index contributed by atoms with van der Waals surface area (Å²) in [5.41, 5.74) is 9.01. The quantitative estimate of drug-likeness (QED) is 0.409. The van der Waals surface area contributed by atoms with Crippen LogP contribution >= 0.6 is 0 Å². The molecule has 1 fully saturated rings. The van der Waals surface area contributed by atoms with E-state index in [1.807, 2.05) is 36.6 Å². The van der Waals surface area contributed by atoms with Crippen molar-refractivity contribution in [1.29, 1.82) is 0 Å². The molecule has 0 spiro atoms. The first kappa shape index (κ1) is 24.0. The van der Waals surface area contributed by atoms with Crippen LogP contribution in [0.3, 0.4) is 0 Å². The highest BCUT2D eigenvalue weighted by Crippen LogP contribution is 2.23. The fourth-order valence-corrected chi connectivity index (χ4v) is 4.68. The lowest BCUT2D eigenvalue weighted by Gasteiger charge is -2.31. The average Bonchev–Trinajstić information content (AvgIpc) is 3.21. The van der Waals surface area contributed by atoms with Crippen LogP contribution in [0.5, 0.6) is 0 Å². The summed E-state index contributed by atoms with van der Waals surface area (Å²) in [6, 6.07) is 10.4. The Bertz CT molecular complexity index is 1280. The maximum absolute atomic E-state index is 13.6. The molecule has 8 heteroatoms. The van der Waals surface area contributed by atoms with E-state index < -0.39 is 0 Å². The number of nitrogens with zero attached hydrogens (tertiary/aromatic N) is 5. The molecular formula is C26H36N6O2. The van der Waals surface area contributed by atoms with Gasteiger partial charge < -0.3 is 15.2 Å². The molecule has 1 unspecified atom stereocenters. The molecule has 0 radical (unpaired) electrons. The molecule has 2 N–H and O–H groups in total. The summed E-state index contributed by atoms with van der Waals surface area (Å²) in [5.74, 6) is 0.719. The van der Waals surface area contributed by atoms with Crippen molar-refractivity contribution in [2.75, 3.05) is 18.0 Å². The third-order valence-electron chi connectivity index (χ3n) is 6.58. The van der Waals surface area contributed by atoms with Gasteiger partial charge in [0.25, 0.3) is 5.56 Å². The number of fused-ring (bicyclic) bond motifs is 1. The number of aromatic nitrogens is 4. The fraction of sp³-hybridized carbons (Fsp3) is 0.500. The molecule has 3 aromatic rings. The number of aryl methyl sites for hydroxylation is 2. The van der Waals surface area contributed by atoms with Crippen molar-refractivity contribution in [2.45, 2.75) is 65.1 Å². The molecule has 0 amide bonds. The number of imidazole rings is 1. The Labute approximate surface area is 200 Å². The van der Waals surface area contributed by atoms with Crippen molar-refractivity contribution in [2.24, 2.45) is 12.8 Å². The van der Waals surface area contributed by atoms with Gasteiger partial charge in [-0.1, -0.05) is 42.0 Å². The van der Waals surface area contributed by atoms with Gasteiger partial charge in [0.05, 0.1) is 0 Å². The number of rotatable bonds is 8. The van der Waals surface area contributed by atoms with Crippen LogP contribution in [0.2, 0.25) is 0 Å². The number of nitrogens with two attached hydrogens (primary N) is 1. The zero-order valence-corrected chi connectivity index (χ0v) is 20.5. The fourth-order valence-electron chi connectivity index (χ4n) is 4.68. The Morgan fingerprint density at radius 3 is 2.62 bits per heavy atom. The zero-order valence-electron chi connectivity index (χ0n) is 20.5.